The molecule has 0 aliphatic rings. The third-order valence-corrected chi connectivity index (χ3v) is 2.93. The summed E-state index contributed by atoms with van der Waals surface area (Å²) >= 11 is 1.25. The molecule has 2 amide bonds. The van der Waals surface area contributed by atoms with Crippen LogP contribution in [-0.2, 0) is 4.79 Å². The molecule has 88 valence electrons. The monoisotopic (exact) mass is 241 g/mol. The van der Waals surface area contributed by atoms with Crippen molar-refractivity contribution in [2.45, 2.75) is 25.8 Å². The van der Waals surface area contributed by atoms with E-state index in [4.69, 9.17) is 11.5 Å². The quantitative estimate of drug-likeness (QED) is 0.714. The van der Waals surface area contributed by atoms with Gasteiger partial charge in [0, 0.05) is 0 Å². The Hall–Kier alpha value is -1.40. The van der Waals surface area contributed by atoms with Crippen LogP contribution >= 0.6 is 11.3 Å². The van der Waals surface area contributed by atoms with E-state index in [0.717, 1.165) is 6.42 Å². The predicted molar refractivity (Wildman–Crippen MR) is 64.4 cm³/mol. The molecule has 1 rings (SSSR count). The van der Waals surface area contributed by atoms with E-state index in [9.17, 15) is 9.59 Å². The van der Waals surface area contributed by atoms with Gasteiger partial charge in [0.25, 0.3) is 5.91 Å². The molecule has 5 nitrogen and oxygen atoms in total. The predicted octanol–water partition coefficient (Wildman–Crippen LogP) is 0.913. The van der Waals surface area contributed by atoms with Gasteiger partial charge < -0.3 is 16.8 Å². The van der Waals surface area contributed by atoms with Crippen molar-refractivity contribution in [3.8, 4) is 0 Å². The Kier molecular flexibility index (Phi) is 4.45. The zero-order chi connectivity index (χ0) is 12.1. The van der Waals surface area contributed by atoms with Crippen LogP contribution in [0.5, 0.6) is 0 Å². The van der Waals surface area contributed by atoms with Gasteiger partial charge in [-0.15, -0.1) is 11.3 Å². The van der Waals surface area contributed by atoms with E-state index in [0.29, 0.717) is 17.0 Å². The minimum absolute atomic E-state index is 0.285. The molecule has 5 N–H and O–H groups in total. The topological polar surface area (TPSA) is 98.2 Å². The lowest BCUT2D eigenvalue weighted by molar-refractivity contribution is -0.117. The number of hydrogen-bond acceptors (Lipinski definition) is 4. The Bertz CT molecular complexity index is 389. The second kappa shape index (κ2) is 5.62. The first-order valence-corrected chi connectivity index (χ1v) is 5.88. The normalized spacial score (nSPS) is 12.1. The standard InChI is InChI=1S/C10H15N3O2S/c1-2-3-7(11)9(15)13-10-6(8(12)14)4-5-16-10/h4-5,7H,2-3,11H2,1H3,(H2,12,14)(H,13,15)/t7-/m1/s1. The smallest absolute Gasteiger partial charge is 0.251 e. The maximum Gasteiger partial charge on any atom is 0.251 e. The second-order valence-electron chi connectivity index (χ2n) is 3.41. The van der Waals surface area contributed by atoms with Gasteiger partial charge in [-0.05, 0) is 17.9 Å². The molecule has 16 heavy (non-hydrogen) atoms. The zero-order valence-electron chi connectivity index (χ0n) is 9.03. The molecule has 1 aromatic heterocycles. The van der Waals surface area contributed by atoms with Crippen molar-refractivity contribution in [1.82, 2.24) is 0 Å². The van der Waals surface area contributed by atoms with Crippen LogP contribution in [0.4, 0.5) is 5.00 Å². The molecule has 0 aromatic carbocycles. The van der Waals surface area contributed by atoms with Gasteiger partial charge in [-0.1, -0.05) is 13.3 Å². The Morgan fingerprint density at radius 2 is 2.25 bits per heavy atom. The van der Waals surface area contributed by atoms with Crippen molar-refractivity contribution >= 4 is 28.2 Å². The number of carbonyl (C=O) groups excluding carboxylic acids is 2. The molecule has 0 aliphatic carbocycles. The Morgan fingerprint density at radius 3 is 2.81 bits per heavy atom. The third kappa shape index (κ3) is 3.04. The van der Waals surface area contributed by atoms with E-state index < -0.39 is 11.9 Å². The lowest BCUT2D eigenvalue weighted by atomic mass is 10.1. The van der Waals surface area contributed by atoms with Crippen LogP contribution in [0.2, 0.25) is 0 Å². The number of amides is 2. The summed E-state index contributed by atoms with van der Waals surface area (Å²) in [6.07, 6.45) is 1.45. The number of nitrogens with two attached hydrogens (primary N) is 2. The van der Waals surface area contributed by atoms with Gasteiger partial charge in [0.15, 0.2) is 0 Å². The van der Waals surface area contributed by atoms with Crippen molar-refractivity contribution in [3.05, 3.63) is 17.0 Å². The highest BCUT2D eigenvalue weighted by atomic mass is 32.1. The number of primary amides is 1. The molecular formula is C10H15N3O2S. The van der Waals surface area contributed by atoms with E-state index in [1.807, 2.05) is 6.92 Å². The number of anilines is 1. The fourth-order valence-corrected chi connectivity index (χ4v) is 2.04. The van der Waals surface area contributed by atoms with Crippen LogP contribution in [0.25, 0.3) is 0 Å². The van der Waals surface area contributed by atoms with Crippen molar-refractivity contribution in [1.29, 1.82) is 0 Å². The van der Waals surface area contributed by atoms with Crippen LogP contribution in [0.1, 0.15) is 30.1 Å². The van der Waals surface area contributed by atoms with Crippen LogP contribution in [0.3, 0.4) is 0 Å². The zero-order valence-corrected chi connectivity index (χ0v) is 9.84. The van der Waals surface area contributed by atoms with Gasteiger partial charge in [-0.3, -0.25) is 9.59 Å². The van der Waals surface area contributed by atoms with Crippen molar-refractivity contribution in [2.75, 3.05) is 5.32 Å². The van der Waals surface area contributed by atoms with E-state index in [2.05, 4.69) is 5.32 Å². The number of nitrogens with one attached hydrogen (secondary N) is 1. The largest absolute Gasteiger partial charge is 0.366 e. The van der Waals surface area contributed by atoms with Gasteiger partial charge in [0.1, 0.15) is 5.00 Å². The van der Waals surface area contributed by atoms with Gasteiger partial charge in [-0.25, -0.2) is 0 Å². The van der Waals surface area contributed by atoms with Crippen LogP contribution in [0.15, 0.2) is 11.4 Å². The SMILES string of the molecule is CCC[C@@H](N)C(=O)Nc1sccc1C(N)=O. The van der Waals surface area contributed by atoms with Crippen molar-refractivity contribution in [3.63, 3.8) is 0 Å². The molecule has 1 atom stereocenters. The van der Waals surface area contributed by atoms with E-state index in [1.165, 1.54) is 11.3 Å². The fourth-order valence-electron chi connectivity index (χ4n) is 1.25. The molecule has 0 fully saturated rings. The number of rotatable bonds is 5. The second-order valence-corrected chi connectivity index (χ2v) is 4.33. The molecule has 1 heterocycles. The lowest BCUT2D eigenvalue weighted by Crippen LogP contribution is -2.35. The van der Waals surface area contributed by atoms with E-state index in [-0.39, 0.29) is 5.91 Å². The highest BCUT2D eigenvalue weighted by Gasteiger charge is 2.16. The first-order chi connectivity index (χ1) is 7.56. The highest BCUT2D eigenvalue weighted by Crippen LogP contribution is 2.22. The van der Waals surface area contributed by atoms with Gasteiger partial charge >= 0.3 is 0 Å². The molecule has 0 saturated heterocycles. The van der Waals surface area contributed by atoms with Crippen molar-refractivity contribution < 1.29 is 9.59 Å². The van der Waals surface area contributed by atoms with Crippen molar-refractivity contribution in [2.24, 2.45) is 11.5 Å². The van der Waals surface area contributed by atoms with E-state index >= 15 is 0 Å². The first kappa shape index (κ1) is 12.7. The Balaban J connectivity index is 2.69. The summed E-state index contributed by atoms with van der Waals surface area (Å²) in [5, 5.41) is 4.77. The molecular weight excluding hydrogens is 226 g/mol. The number of thiophene rings is 1. The molecule has 0 aliphatic heterocycles. The van der Waals surface area contributed by atoms with Crippen LogP contribution in [-0.4, -0.2) is 17.9 Å². The summed E-state index contributed by atoms with van der Waals surface area (Å²) in [4.78, 5) is 22.6. The molecule has 1 aromatic rings. The summed E-state index contributed by atoms with van der Waals surface area (Å²) in [5.41, 5.74) is 11.1. The fraction of sp³-hybridized carbons (Fsp3) is 0.400. The average Bonchev–Trinajstić information content (AvgIpc) is 2.66. The minimum Gasteiger partial charge on any atom is -0.366 e. The molecule has 0 unspecified atom stereocenters. The highest BCUT2D eigenvalue weighted by molar-refractivity contribution is 7.14. The summed E-state index contributed by atoms with van der Waals surface area (Å²) in [6, 6.07) is 1.03. The maximum absolute atomic E-state index is 11.6. The third-order valence-electron chi connectivity index (χ3n) is 2.10. The molecule has 0 saturated carbocycles. The minimum atomic E-state index is -0.555. The van der Waals surface area contributed by atoms with Gasteiger partial charge in [-0.2, -0.15) is 0 Å². The Labute approximate surface area is 97.8 Å². The molecule has 0 radical (unpaired) electrons. The number of hydrogen-bond donors (Lipinski definition) is 3. The summed E-state index contributed by atoms with van der Waals surface area (Å²) in [6.45, 7) is 1.95. The van der Waals surface area contributed by atoms with Crippen LogP contribution < -0.4 is 16.8 Å². The lowest BCUT2D eigenvalue weighted by Gasteiger charge is -2.10. The average molecular weight is 241 g/mol. The van der Waals surface area contributed by atoms with Gasteiger partial charge in [0.2, 0.25) is 5.91 Å². The molecule has 0 spiro atoms. The van der Waals surface area contributed by atoms with Crippen LogP contribution in [0, 0.1) is 0 Å². The summed E-state index contributed by atoms with van der Waals surface area (Å²) < 4.78 is 0. The maximum atomic E-state index is 11.6. The number of carbonyl (C=O) groups is 2. The summed E-state index contributed by atoms with van der Waals surface area (Å²) in [7, 11) is 0. The van der Waals surface area contributed by atoms with Gasteiger partial charge in [0.05, 0.1) is 11.6 Å². The molecule has 6 heteroatoms. The van der Waals surface area contributed by atoms with E-state index in [1.54, 1.807) is 11.4 Å². The first-order valence-electron chi connectivity index (χ1n) is 5.00. The summed E-state index contributed by atoms with van der Waals surface area (Å²) in [5.74, 6) is -0.840. The Morgan fingerprint density at radius 1 is 1.56 bits per heavy atom. The molecule has 0 bridgehead atoms.